The Morgan fingerprint density at radius 3 is 2.62 bits per heavy atom. The number of nitrogens with zero attached hydrogens (tertiary/aromatic N) is 2. The maximum Gasteiger partial charge on any atom is 0.126 e. The van der Waals surface area contributed by atoms with Gasteiger partial charge in [-0.3, -0.25) is 4.98 Å². The van der Waals surface area contributed by atoms with Crippen molar-refractivity contribution in [2.75, 3.05) is 30.4 Å². The molecule has 0 unspecified atom stereocenters. The molecule has 2 aromatic heterocycles. The van der Waals surface area contributed by atoms with Crippen molar-refractivity contribution in [3.8, 4) is 11.1 Å². The quantitative estimate of drug-likeness (QED) is 0.651. The third-order valence-electron chi connectivity index (χ3n) is 5.96. The third-order valence-corrected chi connectivity index (χ3v) is 6.27. The fourth-order valence-corrected chi connectivity index (χ4v) is 4.32. The molecule has 7 heteroatoms. The lowest BCUT2D eigenvalue weighted by Crippen LogP contribution is -2.33. The SMILES string of the molecule is NC1CCC(Nc2cc(-c3cncc(NCC4CCOCC4)c3)c(Cl)cn2)CC1. The van der Waals surface area contributed by atoms with E-state index >= 15 is 0 Å². The van der Waals surface area contributed by atoms with Crippen LogP contribution in [0.4, 0.5) is 11.5 Å². The average molecular weight is 416 g/mol. The Labute approximate surface area is 177 Å². The lowest BCUT2D eigenvalue weighted by molar-refractivity contribution is 0.0699. The summed E-state index contributed by atoms with van der Waals surface area (Å²) in [7, 11) is 0. The Bertz CT molecular complexity index is 804. The van der Waals surface area contributed by atoms with Crippen LogP contribution in [0, 0.1) is 5.92 Å². The van der Waals surface area contributed by atoms with E-state index in [0.717, 1.165) is 80.9 Å². The first-order valence-corrected chi connectivity index (χ1v) is 11.0. The highest BCUT2D eigenvalue weighted by atomic mass is 35.5. The lowest BCUT2D eigenvalue weighted by Gasteiger charge is -2.27. The van der Waals surface area contributed by atoms with Gasteiger partial charge in [-0.05, 0) is 56.6 Å². The van der Waals surface area contributed by atoms with Crippen LogP contribution in [0.15, 0.2) is 30.7 Å². The molecule has 0 amide bonds. The monoisotopic (exact) mass is 415 g/mol. The zero-order valence-corrected chi connectivity index (χ0v) is 17.5. The minimum Gasteiger partial charge on any atom is -0.384 e. The predicted octanol–water partition coefficient (Wildman–Crippen LogP) is 4.32. The van der Waals surface area contributed by atoms with E-state index in [1.165, 1.54) is 0 Å². The number of aromatic nitrogens is 2. The first-order valence-electron chi connectivity index (χ1n) is 10.6. The fraction of sp³-hybridized carbons (Fsp3) is 0.545. The van der Waals surface area contributed by atoms with Crippen molar-refractivity contribution < 1.29 is 4.74 Å². The second kappa shape index (κ2) is 9.74. The second-order valence-electron chi connectivity index (χ2n) is 8.20. The summed E-state index contributed by atoms with van der Waals surface area (Å²) in [5.41, 5.74) is 8.96. The topological polar surface area (TPSA) is 85.1 Å². The summed E-state index contributed by atoms with van der Waals surface area (Å²) in [4.78, 5) is 8.89. The normalized spacial score (nSPS) is 23.0. The number of hydrogen-bond donors (Lipinski definition) is 3. The van der Waals surface area contributed by atoms with E-state index in [9.17, 15) is 0 Å². The molecule has 4 rings (SSSR count). The molecule has 1 saturated carbocycles. The molecule has 2 aliphatic rings. The molecule has 2 aromatic rings. The van der Waals surface area contributed by atoms with Crippen molar-refractivity contribution in [1.82, 2.24) is 9.97 Å². The van der Waals surface area contributed by atoms with Crippen LogP contribution >= 0.6 is 11.6 Å². The van der Waals surface area contributed by atoms with Crippen LogP contribution in [-0.2, 0) is 4.74 Å². The lowest BCUT2D eigenvalue weighted by atomic mass is 9.92. The molecule has 0 spiro atoms. The fourth-order valence-electron chi connectivity index (χ4n) is 4.11. The molecule has 2 fully saturated rings. The highest BCUT2D eigenvalue weighted by Crippen LogP contribution is 2.31. The Hall–Kier alpha value is -1.89. The number of anilines is 2. The van der Waals surface area contributed by atoms with Gasteiger partial charge in [-0.1, -0.05) is 11.6 Å². The van der Waals surface area contributed by atoms with Gasteiger partial charge in [-0.15, -0.1) is 0 Å². The number of nitrogens with two attached hydrogens (primary N) is 1. The molecule has 156 valence electrons. The summed E-state index contributed by atoms with van der Waals surface area (Å²) < 4.78 is 5.44. The van der Waals surface area contributed by atoms with Gasteiger partial charge in [0, 0.05) is 61.6 Å². The molecule has 6 nitrogen and oxygen atoms in total. The van der Waals surface area contributed by atoms with E-state index in [1.807, 2.05) is 18.5 Å². The van der Waals surface area contributed by atoms with Gasteiger partial charge < -0.3 is 21.1 Å². The summed E-state index contributed by atoms with van der Waals surface area (Å²) in [5, 5.41) is 7.70. The van der Waals surface area contributed by atoms with E-state index in [4.69, 9.17) is 22.1 Å². The molecule has 29 heavy (non-hydrogen) atoms. The predicted molar refractivity (Wildman–Crippen MR) is 118 cm³/mol. The van der Waals surface area contributed by atoms with E-state index in [0.29, 0.717) is 23.0 Å². The van der Waals surface area contributed by atoms with E-state index < -0.39 is 0 Å². The Morgan fingerprint density at radius 2 is 1.83 bits per heavy atom. The van der Waals surface area contributed by atoms with Crippen molar-refractivity contribution in [1.29, 1.82) is 0 Å². The van der Waals surface area contributed by atoms with Crippen LogP contribution in [0.25, 0.3) is 11.1 Å². The third kappa shape index (κ3) is 5.59. The first-order chi connectivity index (χ1) is 14.2. The highest BCUT2D eigenvalue weighted by Gasteiger charge is 2.19. The van der Waals surface area contributed by atoms with E-state index in [1.54, 1.807) is 6.20 Å². The van der Waals surface area contributed by atoms with Gasteiger partial charge in [0.2, 0.25) is 0 Å². The van der Waals surface area contributed by atoms with Crippen LogP contribution in [0.1, 0.15) is 38.5 Å². The number of halogens is 1. The van der Waals surface area contributed by atoms with Gasteiger partial charge >= 0.3 is 0 Å². The van der Waals surface area contributed by atoms with Gasteiger partial charge in [0.1, 0.15) is 5.82 Å². The van der Waals surface area contributed by atoms with Gasteiger partial charge in [0.15, 0.2) is 0 Å². The van der Waals surface area contributed by atoms with Crippen molar-refractivity contribution in [3.63, 3.8) is 0 Å². The van der Waals surface area contributed by atoms with Crippen LogP contribution in [0.5, 0.6) is 0 Å². The molecule has 0 aromatic carbocycles. The molecule has 1 aliphatic heterocycles. The van der Waals surface area contributed by atoms with Crippen molar-refractivity contribution in [3.05, 3.63) is 35.7 Å². The maximum absolute atomic E-state index is 6.47. The first kappa shape index (κ1) is 20.4. The van der Waals surface area contributed by atoms with Crippen LogP contribution in [-0.4, -0.2) is 41.8 Å². The summed E-state index contributed by atoms with van der Waals surface area (Å²) in [6, 6.07) is 4.89. The van der Waals surface area contributed by atoms with Crippen molar-refractivity contribution in [2.45, 2.75) is 50.6 Å². The Balaban J connectivity index is 1.44. The van der Waals surface area contributed by atoms with Crippen molar-refractivity contribution >= 4 is 23.1 Å². The van der Waals surface area contributed by atoms with Gasteiger partial charge in [0.05, 0.1) is 10.7 Å². The standard InChI is InChI=1S/C22H30ClN5O/c23-21-14-27-22(28-18-3-1-17(24)2-4-18)10-20(21)16-9-19(13-25-12-16)26-11-15-5-7-29-8-6-15/h9-10,12-15,17-18,26H,1-8,11,24H2,(H,27,28). The number of ether oxygens (including phenoxy) is 1. The molecule has 3 heterocycles. The molecule has 0 bridgehead atoms. The zero-order chi connectivity index (χ0) is 20.1. The Kier molecular flexibility index (Phi) is 6.85. The molecule has 1 aliphatic carbocycles. The average Bonchev–Trinajstić information content (AvgIpc) is 2.76. The van der Waals surface area contributed by atoms with E-state index in [2.05, 4.69) is 26.7 Å². The number of pyridine rings is 2. The van der Waals surface area contributed by atoms with Crippen molar-refractivity contribution in [2.24, 2.45) is 11.7 Å². The second-order valence-corrected chi connectivity index (χ2v) is 8.61. The highest BCUT2D eigenvalue weighted by molar-refractivity contribution is 6.33. The summed E-state index contributed by atoms with van der Waals surface area (Å²) in [6.45, 7) is 2.66. The minimum atomic E-state index is 0.337. The molecule has 0 radical (unpaired) electrons. The van der Waals surface area contributed by atoms with Gasteiger partial charge in [0.25, 0.3) is 0 Å². The molecule has 1 saturated heterocycles. The van der Waals surface area contributed by atoms with E-state index in [-0.39, 0.29) is 0 Å². The number of nitrogens with one attached hydrogen (secondary N) is 2. The Morgan fingerprint density at radius 1 is 1.03 bits per heavy atom. The number of rotatable bonds is 6. The number of hydrogen-bond acceptors (Lipinski definition) is 6. The summed E-state index contributed by atoms with van der Waals surface area (Å²) >= 11 is 6.47. The molecular formula is C22H30ClN5O. The molecular weight excluding hydrogens is 386 g/mol. The van der Waals surface area contributed by atoms with Gasteiger partial charge in [-0.25, -0.2) is 4.98 Å². The smallest absolute Gasteiger partial charge is 0.126 e. The van der Waals surface area contributed by atoms with Crippen LogP contribution < -0.4 is 16.4 Å². The van der Waals surface area contributed by atoms with Crippen LogP contribution in [0.2, 0.25) is 5.02 Å². The molecule has 0 atom stereocenters. The van der Waals surface area contributed by atoms with Crippen LogP contribution in [0.3, 0.4) is 0 Å². The minimum absolute atomic E-state index is 0.337. The zero-order valence-electron chi connectivity index (χ0n) is 16.7. The summed E-state index contributed by atoms with van der Waals surface area (Å²) in [5.74, 6) is 1.50. The largest absolute Gasteiger partial charge is 0.384 e. The maximum atomic E-state index is 6.47. The van der Waals surface area contributed by atoms with Gasteiger partial charge in [-0.2, -0.15) is 0 Å². The summed E-state index contributed by atoms with van der Waals surface area (Å²) in [6.07, 6.45) is 11.9. The molecule has 4 N–H and O–H groups in total.